The molecule has 4 aliphatic rings. The largest absolute Gasteiger partial charge is 0.483 e. The van der Waals surface area contributed by atoms with Gasteiger partial charge in [0.2, 0.25) is 0 Å². The van der Waals surface area contributed by atoms with E-state index in [0.29, 0.717) is 6.04 Å². The Labute approximate surface area is 188 Å². The third-order valence-corrected chi connectivity index (χ3v) is 7.47. The first-order chi connectivity index (χ1) is 15.2. The highest BCUT2D eigenvalue weighted by Crippen LogP contribution is 2.38. The van der Waals surface area contributed by atoms with Crippen molar-refractivity contribution in [3.05, 3.63) is 21.9 Å². The Hall–Kier alpha value is -1.52. The lowest BCUT2D eigenvalue weighted by Gasteiger charge is -2.48. The molecule has 1 aromatic rings. The van der Waals surface area contributed by atoms with Gasteiger partial charge in [-0.1, -0.05) is 0 Å². The molecule has 2 N–H and O–H groups in total. The van der Waals surface area contributed by atoms with Crippen LogP contribution in [-0.2, 0) is 27.4 Å². The van der Waals surface area contributed by atoms with Crippen LogP contribution in [0.2, 0.25) is 0 Å². The van der Waals surface area contributed by atoms with Crippen molar-refractivity contribution in [1.29, 1.82) is 0 Å². The summed E-state index contributed by atoms with van der Waals surface area (Å²) in [6.07, 6.45) is 5.62. The fraction of sp³-hybridized carbons (Fsp3) is 0.727. The van der Waals surface area contributed by atoms with Gasteiger partial charge in [-0.05, 0) is 61.7 Å². The Morgan fingerprint density at radius 3 is 2.39 bits per heavy atom. The Morgan fingerprint density at radius 1 is 1.00 bits per heavy atom. The first-order valence-electron chi connectivity index (χ1n) is 11.2. The van der Waals surface area contributed by atoms with Crippen molar-refractivity contribution in [3.63, 3.8) is 0 Å². The van der Waals surface area contributed by atoms with E-state index in [-0.39, 0.29) is 12.9 Å². The summed E-state index contributed by atoms with van der Waals surface area (Å²) in [6.45, 7) is 9.92. The van der Waals surface area contributed by atoms with Crippen LogP contribution in [0.3, 0.4) is 0 Å². The predicted octanol–water partition coefficient (Wildman–Crippen LogP) is 2.04. The fourth-order valence-electron chi connectivity index (χ4n) is 4.98. The van der Waals surface area contributed by atoms with E-state index in [1.165, 1.54) is 68.8 Å². The fourth-order valence-corrected chi connectivity index (χ4v) is 5.90. The molecule has 0 aromatic carbocycles. The van der Waals surface area contributed by atoms with Gasteiger partial charge in [0, 0.05) is 49.7 Å². The monoisotopic (exact) mass is 453 g/mol. The molecule has 8 nitrogen and oxygen atoms in total. The first-order valence-corrected chi connectivity index (χ1v) is 12.1. The van der Waals surface area contributed by atoms with Gasteiger partial charge in [0.05, 0.1) is 13.2 Å². The third-order valence-electron chi connectivity index (χ3n) is 6.50. The van der Waals surface area contributed by atoms with Gasteiger partial charge in [0.25, 0.3) is 12.9 Å². The molecule has 9 heteroatoms. The lowest BCUT2D eigenvalue weighted by molar-refractivity contribution is -0.123. The summed E-state index contributed by atoms with van der Waals surface area (Å²) in [5.41, 5.74) is 1.52. The van der Waals surface area contributed by atoms with Crippen molar-refractivity contribution in [2.45, 2.75) is 50.9 Å². The summed E-state index contributed by atoms with van der Waals surface area (Å²) in [6, 6.07) is 3.80. The van der Waals surface area contributed by atoms with E-state index in [1.807, 2.05) is 11.3 Å². The zero-order chi connectivity index (χ0) is 22.1. The van der Waals surface area contributed by atoms with E-state index in [0.717, 1.165) is 38.3 Å². The van der Waals surface area contributed by atoms with Crippen molar-refractivity contribution in [1.82, 2.24) is 14.7 Å². The van der Waals surface area contributed by atoms with Crippen LogP contribution < -0.4 is 0 Å². The molecule has 0 spiro atoms. The van der Waals surface area contributed by atoms with Crippen LogP contribution in [0.25, 0.3) is 0 Å². The summed E-state index contributed by atoms with van der Waals surface area (Å²) >= 11 is 1.96. The van der Waals surface area contributed by atoms with Crippen molar-refractivity contribution in [2.75, 3.05) is 45.9 Å². The molecule has 31 heavy (non-hydrogen) atoms. The Bertz CT molecular complexity index is 672. The lowest BCUT2D eigenvalue weighted by atomic mass is 10.0. The standard InChI is InChI=1S/C20H31N3OS.2CH2O2/c1-2-6-21(5-1)10-16-9-19(25-15-16)12-22-7-8-23-18(11-22)13-24-14-20(23)17-3-4-17;2*2-1-3/h9,15,17-18,20H,1-8,10-14H2;2*1H,(H,2,3)/t18-,20-;;/m1../s1. The minimum atomic E-state index is -0.250. The summed E-state index contributed by atoms with van der Waals surface area (Å²) in [5, 5.41) is 16.2. The van der Waals surface area contributed by atoms with E-state index >= 15 is 0 Å². The number of likely N-dealkylation sites (tertiary alicyclic amines) is 1. The van der Waals surface area contributed by atoms with Gasteiger partial charge in [-0.25, -0.2) is 0 Å². The van der Waals surface area contributed by atoms with Gasteiger partial charge in [-0.2, -0.15) is 0 Å². The molecule has 2 atom stereocenters. The molecule has 4 fully saturated rings. The number of rotatable bonds is 5. The lowest BCUT2D eigenvalue weighted by Crippen LogP contribution is -2.62. The van der Waals surface area contributed by atoms with Crippen LogP contribution in [0.5, 0.6) is 0 Å². The molecule has 3 saturated heterocycles. The maximum Gasteiger partial charge on any atom is 0.290 e. The first kappa shape index (κ1) is 24.1. The minimum Gasteiger partial charge on any atom is -0.483 e. The van der Waals surface area contributed by atoms with Crippen LogP contribution in [0.15, 0.2) is 11.4 Å². The average molecular weight is 454 g/mol. The molecule has 0 amide bonds. The van der Waals surface area contributed by atoms with Crippen LogP contribution in [0.4, 0.5) is 0 Å². The summed E-state index contributed by atoms with van der Waals surface area (Å²) < 4.78 is 5.96. The average Bonchev–Trinajstić information content (AvgIpc) is 3.31. The molecular formula is C22H35N3O5S. The van der Waals surface area contributed by atoms with E-state index in [9.17, 15) is 0 Å². The van der Waals surface area contributed by atoms with Gasteiger partial charge in [-0.3, -0.25) is 24.3 Å². The summed E-state index contributed by atoms with van der Waals surface area (Å²) in [7, 11) is 0. The van der Waals surface area contributed by atoms with E-state index in [2.05, 4.69) is 26.1 Å². The van der Waals surface area contributed by atoms with Crippen molar-refractivity contribution in [2.24, 2.45) is 5.92 Å². The topological polar surface area (TPSA) is 93.5 Å². The number of morpholine rings is 1. The van der Waals surface area contributed by atoms with Gasteiger partial charge in [0.1, 0.15) is 0 Å². The molecular weight excluding hydrogens is 418 g/mol. The zero-order valence-corrected chi connectivity index (χ0v) is 18.9. The van der Waals surface area contributed by atoms with E-state index in [4.69, 9.17) is 24.5 Å². The number of ether oxygens (including phenoxy) is 1. The van der Waals surface area contributed by atoms with E-state index < -0.39 is 0 Å². The number of nitrogens with zero attached hydrogens (tertiary/aromatic N) is 3. The molecule has 174 valence electrons. The molecule has 3 aliphatic heterocycles. The second-order valence-corrected chi connectivity index (χ2v) is 9.68. The zero-order valence-electron chi connectivity index (χ0n) is 18.1. The maximum absolute atomic E-state index is 8.36. The minimum absolute atomic E-state index is 0.250. The summed E-state index contributed by atoms with van der Waals surface area (Å²) in [4.78, 5) is 26.3. The molecule has 0 radical (unpaired) electrons. The van der Waals surface area contributed by atoms with Crippen LogP contribution >= 0.6 is 11.3 Å². The molecule has 0 unspecified atom stereocenters. The summed E-state index contributed by atoms with van der Waals surface area (Å²) in [5.74, 6) is 0.930. The number of carboxylic acid groups (broad SMARTS) is 2. The Kier molecular flexibility index (Phi) is 9.73. The molecule has 1 aliphatic carbocycles. The molecule has 5 rings (SSSR count). The number of thiophene rings is 1. The maximum atomic E-state index is 8.36. The second kappa shape index (κ2) is 12.5. The second-order valence-electron chi connectivity index (χ2n) is 8.68. The van der Waals surface area contributed by atoms with Crippen molar-refractivity contribution in [3.8, 4) is 0 Å². The highest BCUT2D eigenvalue weighted by atomic mass is 32.1. The van der Waals surface area contributed by atoms with Crippen molar-refractivity contribution >= 4 is 24.3 Å². The molecule has 0 bridgehead atoms. The number of carbonyl (C=O) groups is 2. The van der Waals surface area contributed by atoms with Gasteiger partial charge >= 0.3 is 0 Å². The molecule has 4 heterocycles. The van der Waals surface area contributed by atoms with Gasteiger partial charge < -0.3 is 14.9 Å². The van der Waals surface area contributed by atoms with Gasteiger partial charge in [-0.15, -0.1) is 11.3 Å². The van der Waals surface area contributed by atoms with Crippen molar-refractivity contribution < 1.29 is 24.5 Å². The Balaban J connectivity index is 0.000000411. The third kappa shape index (κ3) is 7.25. The molecule has 1 aromatic heterocycles. The smallest absolute Gasteiger partial charge is 0.290 e. The number of hydrogen-bond acceptors (Lipinski definition) is 7. The van der Waals surface area contributed by atoms with Crippen LogP contribution in [0, 0.1) is 5.92 Å². The van der Waals surface area contributed by atoms with Gasteiger partial charge in [0.15, 0.2) is 0 Å². The SMILES string of the molecule is O=CO.O=CO.c1sc(CN2CCN3[C@@H](COC[C@@H]3C3CC3)C2)cc1CN1CCCC1. The Morgan fingerprint density at radius 2 is 1.71 bits per heavy atom. The van der Waals surface area contributed by atoms with Crippen LogP contribution in [0.1, 0.15) is 36.1 Å². The molecule has 1 saturated carbocycles. The number of fused-ring (bicyclic) bond motifs is 1. The number of piperazine rings is 1. The number of hydrogen-bond donors (Lipinski definition) is 2. The predicted molar refractivity (Wildman–Crippen MR) is 119 cm³/mol. The highest BCUT2D eigenvalue weighted by Gasteiger charge is 2.42. The van der Waals surface area contributed by atoms with E-state index in [1.54, 1.807) is 0 Å². The quantitative estimate of drug-likeness (QED) is 0.655. The van der Waals surface area contributed by atoms with Crippen LogP contribution in [-0.4, -0.2) is 95.9 Å². The highest BCUT2D eigenvalue weighted by molar-refractivity contribution is 7.10. The normalized spacial score (nSPS) is 26.7.